The van der Waals surface area contributed by atoms with Crippen molar-refractivity contribution in [2.75, 3.05) is 6.54 Å². The number of aryl methyl sites for hydroxylation is 1. The highest BCUT2D eigenvalue weighted by Crippen LogP contribution is 2.29. The van der Waals surface area contributed by atoms with E-state index in [1.54, 1.807) is 43.3 Å². The van der Waals surface area contributed by atoms with E-state index in [9.17, 15) is 19.2 Å². The first-order valence-corrected chi connectivity index (χ1v) is 8.80. The zero-order valence-electron chi connectivity index (χ0n) is 15.1. The molecule has 0 unspecified atom stereocenters. The summed E-state index contributed by atoms with van der Waals surface area (Å²) >= 11 is 0. The number of carbonyl (C=O) groups is 2. The molecule has 7 nitrogen and oxygen atoms in total. The fourth-order valence-electron chi connectivity index (χ4n) is 3.37. The van der Waals surface area contributed by atoms with Gasteiger partial charge in [-0.25, -0.2) is 4.79 Å². The summed E-state index contributed by atoms with van der Waals surface area (Å²) in [5, 5.41) is 1.55. The molecule has 0 atom stereocenters. The van der Waals surface area contributed by atoms with E-state index in [4.69, 9.17) is 0 Å². The van der Waals surface area contributed by atoms with Gasteiger partial charge in [-0.1, -0.05) is 36.4 Å². The third kappa shape index (κ3) is 2.87. The zero-order chi connectivity index (χ0) is 19.8. The molecule has 1 aromatic heterocycles. The molecule has 0 aliphatic carbocycles. The van der Waals surface area contributed by atoms with Crippen LogP contribution >= 0.6 is 0 Å². The number of hydrogen-bond donors (Lipinski definition) is 1. The smallest absolute Gasteiger partial charge is 0.297 e. The lowest BCUT2D eigenvalue weighted by Gasteiger charge is -2.26. The molecule has 4 rings (SSSR count). The van der Waals surface area contributed by atoms with Gasteiger partial charge in [0.1, 0.15) is 0 Å². The van der Waals surface area contributed by atoms with Crippen molar-refractivity contribution in [1.29, 1.82) is 0 Å². The summed E-state index contributed by atoms with van der Waals surface area (Å²) in [5.74, 6) is -0.674. The summed E-state index contributed by atoms with van der Waals surface area (Å²) < 4.78 is 1.35. The minimum Gasteiger partial charge on any atom is -0.297 e. The second-order valence-electron chi connectivity index (χ2n) is 6.63. The second-order valence-corrected chi connectivity index (χ2v) is 6.63. The first-order valence-electron chi connectivity index (χ1n) is 8.80. The molecular formula is C21H17N3O4. The van der Waals surface area contributed by atoms with E-state index in [0.29, 0.717) is 22.1 Å². The van der Waals surface area contributed by atoms with Crippen molar-refractivity contribution in [1.82, 2.24) is 14.5 Å². The number of aromatic amines is 1. The van der Waals surface area contributed by atoms with Gasteiger partial charge < -0.3 is 0 Å². The van der Waals surface area contributed by atoms with Crippen LogP contribution in [-0.4, -0.2) is 32.8 Å². The maximum Gasteiger partial charge on any atom is 0.328 e. The van der Waals surface area contributed by atoms with E-state index >= 15 is 0 Å². The number of hydrogen-bond acceptors (Lipinski definition) is 4. The van der Waals surface area contributed by atoms with E-state index in [1.807, 2.05) is 12.1 Å². The Morgan fingerprint density at radius 1 is 0.893 bits per heavy atom. The van der Waals surface area contributed by atoms with Gasteiger partial charge in [0.2, 0.25) is 0 Å². The molecule has 2 amide bonds. The molecule has 1 N–H and O–H groups in total. The van der Waals surface area contributed by atoms with Crippen LogP contribution < -0.4 is 11.2 Å². The Morgan fingerprint density at radius 2 is 1.50 bits per heavy atom. The number of rotatable bonds is 4. The maximum absolute atomic E-state index is 12.8. The van der Waals surface area contributed by atoms with E-state index in [2.05, 4.69) is 4.98 Å². The molecule has 1 aliphatic rings. The highest BCUT2D eigenvalue weighted by atomic mass is 16.2. The summed E-state index contributed by atoms with van der Waals surface area (Å²) in [6.07, 6.45) is 4.82. The van der Waals surface area contributed by atoms with Crippen LogP contribution in [0.15, 0.2) is 64.3 Å². The van der Waals surface area contributed by atoms with Crippen molar-refractivity contribution in [3.63, 3.8) is 0 Å². The number of allylic oxidation sites excluding steroid dienone is 1. The molecule has 0 saturated carbocycles. The van der Waals surface area contributed by atoms with Crippen molar-refractivity contribution in [2.24, 2.45) is 0 Å². The predicted octanol–water partition coefficient (Wildman–Crippen LogP) is 1.85. The van der Waals surface area contributed by atoms with Crippen LogP contribution in [0.25, 0.3) is 10.8 Å². The van der Waals surface area contributed by atoms with Crippen LogP contribution in [0.2, 0.25) is 0 Å². The summed E-state index contributed by atoms with van der Waals surface area (Å²) in [6.45, 7) is 1.93. The molecule has 0 spiro atoms. The number of aromatic nitrogens is 2. The Balaban J connectivity index is 1.56. The van der Waals surface area contributed by atoms with Gasteiger partial charge in [-0.15, -0.1) is 0 Å². The van der Waals surface area contributed by atoms with Gasteiger partial charge in [-0.3, -0.25) is 28.8 Å². The lowest BCUT2D eigenvalue weighted by Crippen LogP contribution is -2.40. The standard InChI is InChI=1S/C21H17N3O4/c1-13-12-23(21(28)22-18(13)25)10-2-3-11-24-19(26)15-8-4-6-14-7-5-9-16(17(14)15)20(24)27/h2-9,12H,10-11H2,1H3,(H,22,25,28)/b3-2-. The largest absolute Gasteiger partial charge is 0.328 e. The fraction of sp³-hybridized carbons (Fsp3) is 0.143. The van der Waals surface area contributed by atoms with Gasteiger partial charge in [0.15, 0.2) is 0 Å². The average molecular weight is 375 g/mol. The number of imide groups is 1. The van der Waals surface area contributed by atoms with Gasteiger partial charge in [0.05, 0.1) is 0 Å². The van der Waals surface area contributed by atoms with Crippen molar-refractivity contribution >= 4 is 22.6 Å². The van der Waals surface area contributed by atoms with Crippen molar-refractivity contribution in [3.05, 3.63) is 92.3 Å². The van der Waals surface area contributed by atoms with E-state index < -0.39 is 11.2 Å². The minimum atomic E-state index is -0.508. The highest BCUT2D eigenvalue weighted by Gasteiger charge is 2.31. The second kappa shape index (κ2) is 6.77. The Morgan fingerprint density at radius 3 is 2.14 bits per heavy atom. The van der Waals surface area contributed by atoms with Gasteiger partial charge in [-0.2, -0.15) is 0 Å². The Bertz CT molecular complexity index is 1220. The number of H-pyrrole nitrogens is 1. The monoisotopic (exact) mass is 375 g/mol. The Kier molecular flexibility index (Phi) is 4.27. The molecule has 0 bridgehead atoms. The Hall–Kier alpha value is -3.74. The van der Waals surface area contributed by atoms with Crippen molar-refractivity contribution in [3.8, 4) is 0 Å². The van der Waals surface area contributed by atoms with Crippen molar-refractivity contribution < 1.29 is 9.59 Å². The lowest BCUT2D eigenvalue weighted by atomic mass is 9.94. The van der Waals surface area contributed by atoms with Gasteiger partial charge in [0.25, 0.3) is 17.4 Å². The number of carbonyl (C=O) groups excluding carboxylic acids is 2. The van der Waals surface area contributed by atoms with E-state index in [-0.39, 0.29) is 24.9 Å². The number of nitrogens with one attached hydrogen (secondary N) is 1. The molecule has 0 radical (unpaired) electrons. The molecule has 2 aromatic carbocycles. The Labute approximate surface area is 159 Å². The summed E-state index contributed by atoms with van der Waals surface area (Å²) in [6, 6.07) is 10.8. The fourth-order valence-corrected chi connectivity index (χ4v) is 3.37. The number of nitrogens with zero attached hydrogens (tertiary/aromatic N) is 2. The van der Waals surface area contributed by atoms with Crippen LogP contribution in [0.5, 0.6) is 0 Å². The average Bonchev–Trinajstić information content (AvgIpc) is 2.69. The molecule has 28 heavy (non-hydrogen) atoms. The lowest BCUT2D eigenvalue weighted by molar-refractivity contribution is 0.0628. The van der Waals surface area contributed by atoms with Crippen LogP contribution in [0, 0.1) is 6.92 Å². The third-order valence-corrected chi connectivity index (χ3v) is 4.80. The van der Waals surface area contributed by atoms with Gasteiger partial charge >= 0.3 is 5.69 Å². The molecular weight excluding hydrogens is 358 g/mol. The van der Waals surface area contributed by atoms with Crippen LogP contribution in [0.4, 0.5) is 0 Å². The molecule has 3 aromatic rings. The summed E-state index contributed by atoms with van der Waals surface area (Å²) in [4.78, 5) is 52.2. The van der Waals surface area contributed by atoms with Gasteiger partial charge in [0, 0.05) is 41.4 Å². The first-order chi connectivity index (χ1) is 13.5. The topological polar surface area (TPSA) is 92.2 Å². The number of benzene rings is 2. The van der Waals surface area contributed by atoms with Crippen LogP contribution in [0.3, 0.4) is 0 Å². The normalized spacial score (nSPS) is 13.7. The minimum absolute atomic E-state index is 0.0967. The summed E-state index contributed by atoms with van der Waals surface area (Å²) in [5.41, 5.74) is 0.523. The van der Waals surface area contributed by atoms with Crippen LogP contribution in [0.1, 0.15) is 26.3 Å². The van der Waals surface area contributed by atoms with Gasteiger partial charge in [-0.05, 0) is 24.4 Å². The predicted molar refractivity (Wildman–Crippen MR) is 105 cm³/mol. The first kappa shape index (κ1) is 17.7. The van der Waals surface area contributed by atoms with Crippen molar-refractivity contribution in [2.45, 2.75) is 13.5 Å². The SMILES string of the molecule is Cc1cn(C/C=C\CN2C(=O)c3cccc4cccc(c34)C2=O)c(=O)[nH]c1=O. The molecule has 7 heteroatoms. The quantitative estimate of drug-likeness (QED) is 0.556. The highest BCUT2D eigenvalue weighted by molar-refractivity contribution is 6.25. The molecule has 0 saturated heterocycles. The van der Waals surface area contributed by atoms with E-state index in [1.165, 1.54) is 15.7 Å². The molecule has 2 heterocycles. The number of amides is 2. The summed E-state index contributed by atoms with van der Waals surface area (Å²) in [7, 11) is 0. The third-order valence-electron chi connectivity index (χ3n) is 4.80. The molecule has 1 aliphatic heterocycles. The maximum atomic E-state index is 12.8. The zero-order valence-corrected chi connectivity index (χ0v) is 15.1. The van der Waals surface area contributed by atoms with E-state index in [0.717, 1.165) is 5.39 Å². The molecule has 140 valence electrons. The van der Waals surface area contributed by atoms with Crippen LogP contribution in [-0.2, 0) is 6.54 Å². The molecule has 0 fully saturated rings.